The fourth-order valence-electron chi connectivity index (χ4n) is 2.20. The summed E-state index contributed by atoms with van der Waals surface area (Å²) in [7, 11) is 1.52. The van der Waals surface area contributed by atoms with E-state index >= 15 is 0 Å². The monoisotopic (exact) mass is 391 g/mol. The summed E-state index contributed by atoms with van der Waals surface area (Å²) in [5, 5.41) is 11.8. The average Bonchev–Trinajstić information content (AvgIpc) is 3.23. The van der Waals surface area contributed by atoms with Gasteiger partial charge in [0.15, 0.2) is 10.4 Å². The lowest BCUT2D eigenvalue weighted by Crippen LogP contribution is -2.11. The Balaban J connectivity index is 1.90. The van der Waals surface area contributed by atoms with Gasteiger partial charge in [-0.25, -0.2) is 0 Å². The fourth-order valence-corrected chi connectivity index (χ4v) is 2.50. The zero-order chi connectivity index (χ0) is 17.1. The van der Waals surface area contributed by atoms with Crippen molar-refractivity contribution in [1.29, 1.82) is 0 Å². The van der Waals surface area contributed by atoms with Crippen LogP contribution in [-0.4, -0.2) is 18.1 Å². The molecule has 0 aliphatic carbocycles. The quantitative estimate of drug-likeness (QED) is 0.684. The SMILES string of the molecule is COc1ccc(-c2ccc(CO)o2)cc1NC(=O)c1ccc(Br)o1. The minimum absolute atomic E-state index is 0.173. The molecule has 1 amide bonds. The van der Waals surface area contributed by atoms with Crippen molar-refractivity contribution in [3.8, 4) is 17.1 Å². The van der Waals surface area contributed by atoms with Gasteiger partial charge in [-0.2, -0.15) is 0 Å². The van der Waals surface area contributed by atoms with E-state index in [1.807, 2.05) is 0 Å². The molecule has 0 saturated carbocycles. The maximum Gasteiger partial charge on any atom is 0.291 e. The molecule has 2 N–H and O–H groups in total. The second-order valence-electron chi connectivity index (χ2n) is 4.90. The van der Waals surface area contributed by atoms with Gasteiger partial charge in [-0.15, -0.1) is 0 Å². The van der Waals surface area contributed by atoms with Gasteiger partial charge in [-0.3, -0.25) is 4.79 Å². The van der Waals surface area contributed by atoms with E-state index in [0.717, 1.165) is 5.56 Å². The van der Waals surface area contributed by atoms with Crippen LogP contribution in [0, 0.1) is 0 Å². The van der Waals surface area contributed by atoms with E-state index in [1.165, 1.54) is 7.11 Å². The van der Waals surface area contributed by atoms with Gasteiger partial charge in [-0.1, -0.05) is 0 Å². The van der Waals surface area contributed by atoms with Crippen molar-refractivity contribution in [3.05, 3.63) is 58.7 Å². The van der Waals surface area contributed by atoms with Crippen LogP contribution in [0.3, 0.4) is 0 Å². The smallest absolute Gasteiger partial charge is 0.291 e. The summed E-state index contributed by atoms with van der Waals surface area (Å²) in [6.45, 7) is -0.173. The van der Waals surface area contributed by atoms with Crippen LogP contribution < -0.4 is 10.1 Å². The van der Waals surface area contributed by atoms with Crippen molar-refractivity contribution in [2.45, 2.75) is 6.61 Å². The first-order chi connectivity index (χ1) is 11.6. The highest BCUT2D eigenvalue weighted by Crippen LogP contribution is 2.32. The molecule has 2 aromatic heterocycles. The molecule has 0 aliphatic heterocycles. The summed E-state index contributed by atoms with van der Waals surface area (Å²) in [5.74, 6) is 1.33. The van der Waals surface area contributed by atoms with Crippen molar-refractivity contribution < 1.29 is 23.5 Å². The molecule has 7 heteroatoms. The van der Waals surface area contributed by atoms with E-state index in [1.54, 1.807) is 42.5 Å². The van der Waals surface area contributed by atoms with Crippen molar-refractivity contribution in [2.75, 3.05) is 12.4 Å². The van der Waals surface area contributed by atoms with Gasteiger partial charge in [0.25, 0.3) is 5.91 Å². The normalized spacial score (nSPS) is 10.6. The summed E-state index contributed by atoms with van der Waals surface area (Å²) in [6, 6.07) is 11.9. The molecular weight excluding hydrogens is 378 g/mol. The standard InChI is InChI=1S/C17H14BrNO5/c1-22-14-4-2-10(13-5-3-11(9-20)23-13)8-12(14)19-17(21)15-6-7-16(18)24-15/h2-8,20H,9H2,1H3,(H,19,21). The highest BCUT2D eigenvalue weighted by atomic mass is 79.9. The Morgan fingerprint density at radius 1 is 1.21 bits per heavy atom. The number of rotatable bonds is 5. The summed E-state index contributed by atoms with van der Waals surface area (Å²) in [5.41, 5.74) is 1.22. The van der Waals surface area contributed by atoms with Crippen molar-refractivity contribution >= 4 is 27.5 Å². The van der Waals surface area contributed by atoms with Crippen LogP contribution in [0.15, 0.2) is 56.0 Å². The Hall–Kier alpha value is -2.51. The lowest BCUT2D eigenvalue weighted by atomic mass is 10.1. The molecule has 2 heterocycles. The number of carbonyl (C=O) groups is 1. The zero-order valence-electron chi connectivity index (χ0n) is 12.7. The molecule has 0 bridgehead atoms. The molecule has 0 saturated heterocycles. The number of ether oxygens (including phenoxy) is 1. The zero-order valence-corrected chi connectivity index (χ0v) is 14.3. The van der Waals surface area contributed by atoms with Crippen molar-refractivity contribution in [2.24, 2.45) is 0 Å². The number of nitrogens with one attached hydrogen (secondary N) is 1. The van der Waals surface area contributed by atoms with Crippen molar-refractivity contribution in [3.63, 3.8) is 0 Å². The average molecular weight is 392 g/mol. The first-order valence-corrected chi connectivity index (χ1v) is 7.84. The van der Waals surface area contributed by atoms with E-state index in [9.17, 15) is 4.79 Å². The molecular formula is C17H14BrNO5. The number of hydrogen-bond acceptors (Lipinski definition) is 5. The number of aliphatic hydroxyl groups excluding tert-OH is 1. The molecule has 24 heavy (non-hydrogen) atoms. The third-order valence-corrected chi connectivity index (χ3v) is 3.77. The number of halogens is 1. The van der Waals surface area contributed by atoms with Crippen LogP contribution in [0.4, 0.5) is 5.69 Å². The highest BCUT2D eigenvalue weighted by molar-refractivity contribution is 9.10. The molecule has 0 radical (unpaired) electrons. The van der Waals surface area contributed by atoms with Gasteiger partial charge in [0, 0.05) is 5.56 Å². The van der Waals surface area contributed by atoms with Gasteiger partial charge in [0.05, 0.1) is 12.8 Å². The fraction of sp³-hybridized carbons (Fsp3) is 0.118. The maximum atomic E-state index is 12.3. The van der Waals surface area contributed by atoms with Crippen LogP contribution in [0.2, 0.25) is 0 Å². The van der Waals surface area contributed by atoms with Gasteiger partial charge in [-0.05, 0) is 58.4 Å². The number of anilines is 1. The molecule has 0 aliphatic rings. The van der Waals surface area contributed by atoms with Crippen LogP contribution in [0.5, 0.6) is 5.75 Å². The summed E-state index contributed by atoms with van der Waals surface area (Å²) in [4.78, 5) is 12.3. The van der Waals surface area contributed by atoms with Gasteiger partial charge in [0.2, 0.25) is 0 Å². The van der Waals surface area contributed by atoms with E-state index in [4.69, 9.17) is 18.7 Å². The Labute approximate surface area is 146 Å². The molecule has 0 fully saturated rings. The molecule has 6 nitrogen and oxygen atoms in total. The summed E-state index contributed by atoms with van der Waals surface area (Å²) >= 11 is 3.16. The van der Waals surface area contributed by atoms with Gasteiger partial charge >= 0.3 is 0 Å². The maximum absolute atomic E-state index is 12.3. The number of methoxy groups -OCH3 is 1. The summed E-state index contributed by atoms with van der Waals surface area (Å²) < 4.78 is 16.5. The number of aliphatic hydroxyl groups is 1. The highest BCUT2D eigenvalue weighted by Gasteiger charge is 2.15. The third kappa shape index (κ3) is 3.37. The Kier molecular flexibility index (Phi) is 4.73. The minimum atomic E-state index is -0.397. The van der Waals surface area contributed by atoms with Crippen molar-refractivity contribution in [1.82, 2.24) is 0 Å². The third-order valence-electron chi connectivity index (χ3n) is 3.35. The Bertz CT molecular complexity index is 868. The lowest BCUT2D eigenvalue weighted by Gasteiger charge is -2.10. The van der Waals surface area contributed by atoms with Gasteiger partial charge in [0.1, 0.15) is 23.9 Å². The Morgan fingerprint density at radius 3 is 2.67 bits per heavy atom. The summed E-state index contributed by atoms with van der Waals surface area (Å²) in [6.07, 6.45) is 0. The molecule has 3 aromatic rings. The molecule has 124 valence electrons. The number of amides is 1. The second-order valence-corrected chi connectivity index (χ2v) is 5.68. The predicted octanol–water partition coefficient (Wildman–Crippen LogP) is 4.06. The van der Waals surface area contributed by atoms with Crippen LogP contribution >= 0.6 is 15.9 Å². The minimum Gasteiger partial charge on any atom is -0.495 e. The van der Waals surface area contributed by atoms with Crippen LogP contribution in [-0.2, 0) is 6.61 Å². The first kappa shape index (κ1) is 16.4. The van der Waals surface area contributed by atoms with Gasteiger partial charge < -0.3 is 24.0 Å². The largest absolute Gasteiger partial charge is 0.495 e. The predicted molar refractivity (Wildman–Crippen MR) is 91.0 cm³/mol. The van der Waals surface area contributed by atoms with E-state index in [0.29, 0.717) is 27.6 Å². The Morgan fingerprint density at radius 2 is 2.04 bits per heavy atom. The molecule has 0 atom stereocenters. The number of benzene rings is 1. The van der Waals surface area contributed by atoms with E-state index in [2.05, 4.69) is 21.2 Å². The lowest BCUT2D eigenvalue weighted by molar-refractivity contribution is 0.0995. The molecule has 3 rings (SSSR count). The molecule has 0 spiro atoms. The molecule has 1 aromatic carbocycles. The molecule has 0 unspecified atom stereocenters. The van der Waals surface area contributed by atoms with E-state index < -0.39 is 5.91 Å². The first-order valence-electron chi connectivity index (χ1n) is 7.05. The number of furan rings is 2. The van der Waals surface area contributed by atoms with E-state index in [-0.39, 0.29) is 12.4 Å². The van der Waals surface area contributed by atoms with Crippen LogP contribution in [0.1, 0.15) is 16.3 Å². The number of hydrogen-bond donors (Lipinski definition) is 2. The topological polar surface area (TPSA) is 84.8 Å². The number of carbonyl (C=O) groups excluding carboxylic acids is 1. The van der Waals surface area contributed by atoms with Crippen LogP contribution in [0.25, 0.3) is 11.3 Å². The second kappa shape index (κ2) is 6.94.